The average molecular weight is 447 g/mol. The molecule has 0 radical (unpaired) electrons. The number of amides is 1. The molecule has 0 saturated carbocycles. The SMILES string of the molecule is CNC(=O)Cc1cccc(NC2CCN(N)/C(=C(/C)N)c3ccc(C4=CCNCC4)cc32)c1. The van der Waals surface area contributed by atoms with E-state index in [9.17, 15) is 4.79 Å². The molecule has 2 heterocycles. The first-order valence-corrected chi connectivity index (χ1v) is 11.6. The van der Waals surface area contributed by atoms with Gasteiger partial charge in [-0.3, -0.25) is 4.79 Å². The van der Waals surface area contributed by atoms with Crippen molar-refractivity contribution < 1.29 is 4.79 Å². The fourth-order valence-corrected chi connectivity index (χ4v) is 4.68. The number of allylic oxidation sites excluding steroid dienone is 1. The Labute approximate surface area is 195 Å². The predicted octanol–water partition coefficient (Wildman–Crippen LogP) is 2.73. The van der Waals surface area contributed by atoms with Gasteiger partial charge in [0.1, 0.15) is 0 Å². The number of nitrogens with one attached hydrogen (secondary N) is 3. The second-order valence-electron chi connectivity index (χ2n) is 8.75. The van der Waals surface area contributed by atoms with Crippen LogP contribution in [-0.4, -0.2) is 37.6 Å². The first-order valence-electron chi connectivity index (χ1n) is 11.6. The van der Waals surface area contributed by atoms with E-state index >= 15 is 0 Å². The molecule has 7 heteroatoms. The fourth-order valence-electron chi connectivity index (χ4n) is 4.68. The molecular formula is C26H34N6O. The Morgan fingerprint density at radius 2 is 2.09 bits per heavy atom. The van der Waals surface area contributed by atoms with E-state index in [1.54, 1.807) is 12.1 Å². The molecule has 1 atom stereocenters. The summed E-state index contributed by atoms with van der Waals surface area (Å²) in [6.07, 6.45) is 4.46. The van der Waals surface area contributed by atoms with Crippen LogP contribution in [0.3, 0.4) is 0 Å². The zero-order valence-electron chi connectivity index (χ0n) is 19.4. The summed E-state index contributed by atoms with van der Waals surface area (Å²) < 4.78 is 0. The van der Waals surface area contributed by atoms with Gasteiger partial charge < -0.3 is 26.7 Å². The first kappa shape index (κ1) is 22.9. The Morgan fingerprint density at radius 1 is 1.24 bits per heavy atom. The van der Waals surface area contributed by atoms with E-state index in [0.29, 0.717) is 18.7 Å². The van der Waals surface area contributed by atoms with Crippen molar-refractivity contribution in [2.24, 2.45) is 11.6 Å². The highest BCUT2D eigenvalue weighted by molar-refractivity contribution is 5.78. The van der Waals surface area contributed by atoms with Gasteiger partial charge >= 0.3 is 0 Å². The summed E-state index contributed by atoms with van der Waals surface area (Å²) in [5.41, 5.74) is 14.7. The number of benzene rings is 2. The summed E-state index contributed by atoms with van der Waals surface area (Å²) in [7, 11) is 1.66. The van der Waals surface area contributed by atoms with Crippen LogP contribution >= 0.6 is 0 Å². The number of hydrogen-bond acceptors (Lipinski definition) is 6. The Kier molecular flexibility index (Phi) is 7.01. The minimum absolute atomic E-state index is 0.00109. The molecule has 2 aromatic carbocycles. The molecule has 7 N–H and O–H groups in total. The van der Waals surface area contributed by atoms with Crippen molar-refractivity contribution in [2.45, 2.75) is 32.2 Å². The van der Waals surface area contributed by atoms with Crippen LogP contribution in [0.1, 0.15) is 48.1 Å². The number of fused-ring (bicyclic) bond motifs is 1. The Morgan fingerprint density at radius 3 is 2.82 bits per heavy atom. The molecule has 0 spiro atoms. The molecule has 33 heavy (non-hydrogen) atoms. The van der Waals surface area contributed by atoms with Gasteiger partial charge in [0.05, 0.1) is 18.2 Å². The molecule has 0 aromatic heterocycles. The molecule has 2 aromatic rings. The summed E-state index contributed by atoms with van der Waals surface area (Å²) in [5.74, 6) is 6.43. The lowest BCUT2D eigenvalue weighted by molar-refractivity contribution is -0.119. The first-order chi connectivity index (χ1) is 16.0. The molecule has 7 nitrogen and oxygen atoms in total. The van der Waals surface area contributed by atoms with Gasteiger partial charge in [-0.25, -0.2) is 5.84 Å². The predicted molar refractivity (Wildman–Crippen MR) is 135 cm³/mol. The number of hydrogen-bond donors (Lipinski definition) is 5. The second kappa shape index (κ2) is 10.1. The monoisotopic (exact) mass is 446 g/mol. The van der Waals surface area contributed by atoms with Crippen molar-refractivity contribution >= 4 is 22.9 Å². The van der Waals surface area contributed by atoms with Gasteiger partial charge in [0.25, 0.3) is 0 Å². The Hall–Kier alpha value is -3.29. The van der Waals surface area contributed by atoms with Crippen molar-refractivity contribution in [3.05, 3.63) is 76.5 Å². The van der Waals surface area contributed by atoms with E-state index in [2.05, 4.69) is 40.2 Å². The molecule has 1 amide bonds. The minimum atomic E-state index is -0.00109. The highest BCUT2D eigenvalue weighted by atomic mass is 16.1. The largest absolute Gasteiger partial charge is 0.401 e. The van der Waals surface area contributed by atoms with Gasteiger partial charge in [-0.05, 0) is 66.8 Å². The van der Waals surface area contributed by atoms with E-state index < -0.39 is 0 Å². The molecule has 4 rings (SSSR count). The number of rotatable bonds is 5. The van der Waals surface area contributed by atoms with Crippen LogP contribution in [0.25, 0.3) is 11.3 Å². The number of likely N-dealkylation sites (N-methyl/N-ethyl adjacent to an activating group) is 1. The molecule has 0 fully saturated rings. The summed E-state index contributed by atoms with van der Waals surface area (Å²) in [5, 5.41) is 11.5. The summed E-state index contributed by atoms with van der Waals surface area (Å²) >= 11 is 0. The van der Waals surface area contributed by atoms with Crippen molar-refractivity contribution in [2.75, 3.05) is 32.0 Å². The van der Waals surface area contributed by atoms with Gasteiger partial charge in [0.2, 0.25) is 5.91 Å². The number of nitrogens with zero attached hydrogens (tertiary/aromatic N) is 1. The molecule has 0 saturated heterocycles. The van der Waals surface area contributed by atoms with E-state index in [-0.39, 0.29) is 11.9 Å². The number of carbonyl (C=O) groups is 1. The number of carbonyl (C=O) groups excluding carboxylic acids is 1. The van der Waals surface area contributed by atoms with Gasteiger partial charge in [-0.2, -0.15) is 0 Å². The van der Waals surface area contributed by atoms with Crippen molar-refractivity contribution in [1.29, 1.82) is 0 Å². The third-order valence-electron chi connectivity index (χ3n) is 6.35. The molecule has 0 aliphatic carbocycles. The van der Waals surface area contributed by atoms with Gasteiger partial charge in [-0.15, -0.1) is 0 Å². The molecule has 0 bridgehead atoms. The molecule has 174 valence electrons. The molecule has 2 aliphatic heterocycles. The summed E-state index contributed by atoms with van der Waals surface area (Å²) in [4.78, 5) is 11.8. The van der Waals surface area contributed by atoms with Crippen LogP contribution in [0.4, 0.5) is 5.69 Å². The van der Waals surface area contributed by atoms with Crippen LogP contribution in [0.15, 0.2) is 54.2 Å². The molecule has 2 aliphatic rings. The smallest absolute Gasteiger partial charge is 0.224 e. The Bertz CT molecular complexity index is 1090. The molecule has 1 unspecified atom stereocenters. The average Bonchev–Trinajstić information content (AvgIpc) is 2.95. The lowest BCUT2D eigenvalue weighted by Crippen LogP contribution is -2.31. The summed E-state index contributed by atoms with van der Waals surface area (Å²) in [6.45, 7) is 4.47. The third kappa shape index (κ3) is 5.21. The maximum Gasteiger partial charge on any atom is 0.224 e. The van der Waals surface area contributed by atoms with E-state index in [1.165, 1.54) is 16.7 Å². The maximum atomic E-state index is 11.8. The molecular weight excluding hydrogens is 412 g/mol. The second-order valence-corrected chi connectivity index (χ2v) is 8.75. The fraction of sp³-hybridized carbons (Fsp3) is 0.346. The Balaban J connectivity index is 1.72. The van der Waals surface area contributed by atoms with Crippen LogP contribution in [0, 0.1) is 0 Å². The highest BCUT2D eigenvalue weighted by Crippen LogP contribution is 2.37. The van der Waals surface area contributed by atoms with Crippen molar-refractivity contribution in [3.8, 4) is 0 Å². The topological polar surface area (TPSA) is 108 Å². The van der Waals surface area contributed by atoms with Gasteiger partial charge in [0, 0.05) is 37.1 Å². The van der Waals surface area contributed by atoms with Crippen molar-refractivity contribution in [3.63, 3.8) is 0 Å². The lowest BCUT2D eigenvalue weighted by atomic mass is 9.91. The normalized spacial score (nSPS) is 19.8. The zero-order valence-corrected chi connectivity index (χ0v) is 19.4. The number of hydrazine groups is 1. The highest BCUT2D eigenvalue weighted by Gasteiger charge is 2.26. The summed E-state index contributed by atoms with van der Waals surface area (Å²) in [6, 6.07) is 14.7. The van der Waals surface area contributed by atoms with Gasteiger partial charge in [-0.1, -0.05) is 30.3 Å². The van der Waals surface area contributed by atoms with Crippen molar-refractivity contribution in [1.82, 2.24) is 15.6 Å². The maximum absolute atomic E-state index is 11.8. The quantitative estimate of drug-likeness (QED) is 0.452. The van der Waals surface area contributed by atoms with Crippen LogP contribution < -0.4 is 27.5 Å². The van der Waals surface area contributed by atoms with Gasteiger partial charge in [0.15, 0.2) is 0 Å². The lowest BCUT2D eigenvalue weighted by Gasteiger charge is -2.23. The van der Waals surface area contributed by atoms with Crippen LogP contribution in [0.2, 0.25) is 0 Å². The minimum Gasteiger partial charge on any atom is -0.401 e. The number of anilines is 1. The van der Waals surface area contributed by atoms with Crippen LogP contribution in [-0.2, 0) is 11.2 Å². The third-order valence-corrected chi connectivity index (χ3v) is 6.35. The van der Waals surface area contributed by atoms with E-state index in [4.69, 9.17) is 11.6 Å². The van der Waals surface area contributed by atoms with Crippen LogP contribution in [0.5, 0.6) is 0 Å². The number of nitrogens with two attached hydrogens (primary N) is 2. The standard InChI is InChI=1S/C26H34N6O/c1-17(27)26-22-7-6-20(19-8-11-30-12-9-19)16-23(22)24(10-13-32(26)28)31-21-5-3-4-18(14-21)15-25(33)29-2/h3-8,14,16,24,30-31H,9-13,15,27-28H2,1-2H3,(H,29,33)/b26-17-. The zero-order chi connectivity index (χ0) is 23.4. The van der Waals surface area contributed by atoms with E-state index in [0.717, 1.165) is 48.4 Å². The van der Waals surface area contributed by atoms with E-state index in [1.807, 2.05) is 31.2 Å².